The topological polar surface area (TPSA) is 116 Å². The van der Waals surface area contributed by atoms with Crippen molar-refractivity contribution in [1.29, 1.82) is 0 Å². The molecule has 58 heavy (non-hydrogen) atoms. The van der Waals surface area contributed by atoms with Crippen molar-refractivity contribution in [2.45, 2.75) is 139 Å². The molecular formula is C50H56N4O4. The lowest BCUT2D eigenvalue weighted by molar-refractivity contribution is -0.121. The number of rotatable bonds is 0. The van der Waals surface area contributed by atoms with Crippen molar-refractivity contribution in [3.63, 3.8) is 0 Å². The molecule has 4 aliphatic carbocycles. The van der Waals surface area contributed by atoms with Crippen LogP contribution >= 0.6 is 0 Å². The molecule has 8 nitrogen and oxygen atoms in total. The lowest BCUT2D eigenvalue weighted by Crippen LogP contribution is -2.35. The molecule has 0 radical (unpaired) electrons. The number of fused-ring (bicyclic) bond motifs is 8. The van der Waals surface area contributed by atoms with Crippen LogP contribution in [0.25, 0.3) is 0 Å². The molecule has 4 fully saturated rings. The van der Waals surface area contributed by atoms with E-state index in [1.54, 1.807) is 0 Å². The van der Waals surface area contributed by atoms with E-state index in [-0.39, 0.29) is 45.3 Å². The van der Waals surface area contributed by atoms with E-state index < -0.39 is 0 Å². The SMILES string of the molecule is Cc1ccc2c(c1)NC(=O)C21CC1.Cc1ccc2c(c1)NC(=O)C21CCCC1.Cc1ccc2c(c1)NC(=O)CC21CC1.Cc1ccc2c(c1)NC(=O)CC21CCCC1. The van der Waals surface area contributed by atoms with Gasteiger partial charge in [-0.05, 0) is 148 Å². The van der Waals surface area contributed by atoms with Gasteiger partial charge in [0, 0.05) is 46.4 Å². The summed E-state index contributed by atoms with van der Waals surface area (Å²) in [5, 5.41) is 12.0. The number of hydrogen-bond donors (Lipinski definition) is 4. The van der Waals surface area contributed by atoms with Crippen molar-refractivity contribution >= 4 is 46.4 Å². The van der Waals surface area contributed by atoms with Crippen molar-refractivity contribution in [2.24, 2.45) is 0 Å². The molecule has 0 unspecified atom stereocenters. The minimum atomic E-state index is -0.178. The molecule has 12 rings (SSSR count). The Morgan fingerprint density at radius 2 is 0.707 bits per heavy atom. The number of amides is 4. The van der Waals surface area contributed by atoms with Crippen LogP contribution in [0.5, 0.6) is 0 Å². The molecule has 4 aromatic rings. The van der Waals surface area contributed by atoms with Crippen LogP contribution in [0.1, 0.15) is 134 Å². The number of benzene rings is 4. The second-order valence-electron chi connectivity index (χ2n) is 18.7. The van der Waals surface area contributed by atoms with Gasteiger partial charge in [0.15, 0.2) is 0 Å². The largest absolute Gasteiger partial charge is 0.326 e. The van der Waals surface area contributed by atoms with E-state index >= 15 is 0 Å². The van der Waals surface area contributed by atoms with E-state index in [0.29, 0.717) is 12.8 Å². The van der Waals surface area contributed by atoms with E-state index in [1.807, 2.05) is 6.92 Å². The number of carbonyl (C=O) groups excluding carboxylic acids is 4. The predicted molar refractivity (Wildman–Crippen MR) is 231 cm³/mol. The maximum Gasteiger partial charge on any atom is 0.235 e. The molecule has 300 valence electrons. The Morgan fingerprint density at radius 3 is 1.09 bits per heavy atom. The highest BCUT2D eigenvalue weighted by molar-refractivity contribution is 6.08. The van der Waals surface area contributed by atoms with Gasteiger partial charge >= 0.3 is 0 Å². The van der Waals surface area contributed by atoms with Gasteiger partial charge in [0.25, 0.3) is 0 Å². The highest BCUT2D eigenvalue weighted by Gasteiger charge is 2.56. The molecule has 4 aromatic carbocycles. The second kappa shape index (κ2) is 14.2. The minimum Gasteiger partial charge on any atom is -0.326 e. The van der Waals surface area contributed by atoms with Gasteiger partial charge in [-0.3, -0.25) is 19.2 Å². The van der Waals surface area contributed by atoms with Crippen molar-refractivity contribution in [3.05, 3.63) is 117 Å². The Morgan fingerprint density at radius 1 is 0.379 bits per heavy atom. The van der Waals surface area contributed by atoms with Crippen molar-refractivity contribution < 1.29 is 19.2 Å². The van der Waals surface area contributed by atoms with E-state index in [4.69, 9.17) is 0 Å². The monoisotopic (exact) mass is 776 g/mol. The molecule has 4 heterocycles. The van der Waals surface area contributed by atoms with E-state index in [2.05, 4.69) is 115 Å². The fourth-order valence-electron chi connectivity index (χ4n) is 10.9. The molecule has 8 aliphatic rings. The van der Waals surface area contributed by atoms with Gasteiger partial charge in [0.05, 0.1) is 10.8 Å². The van der Waals surface area contributed by atoms with Crippen molar-refractivity contribution in [3.8, 4) is 0 Å². The maximum absolute atomic E-state index is 12.1. The summed E-state index contributed by atoms with van der Waals surface area (Å²) >= 11 is 0. The molecule has 0 aromatic heterocycles. The summed E-state index contributed by atoms with van der Waals surface area (Å²) in [7, 11) is 0. The number of carbonyl (C=O) groups is 4. The second-order valence-corrected chi connectivity index (χ2v) is 18.7. The summed E-state index contributed by atoms with van der Waals surface area (Å²) in [6.45, 7) is 8.24. The van der Waals surface area contributed by atoms with Crippen molar-refractivity contribution in [1.82, 2.24) is 0 Å². The molecule has 8 heteroatoms. The van der Waals surface area contributed by atoms with Crippen LogP contribution in [-0.2, 0) is 40.8 Å². The van der Waals surface area contributed by atoms with Crippen LogP contribution in [0.15, 0.2) is 72.8 Å². The van der Waals surface area contributed by atoms with Gasteiger partial charge in [-0.15, -0.1) is 0 Å². The predicted octanol–water partition coefficient (Wildman–Crippen LogP) is 10.3. The Balaban J connectivity index is 0.000000100. The Labute approximate surface area is 342 Å². The molecule has 4 amide bonds. The fourth-order valence-corrected chi connectivity index (χ4v) is 10.9. The first kappa shape index (κ1) is 38.3. The van der Waals surface area contributed by atoms with Crippen LogP contribution in [0, 0.1) is 27.7 Å². The summed E-state index contributed by atoms with van der Waals surface area (Å²) in [5.41, 5.74) is 14.2. The van der Waals surface area contributed by atoms with Crippen LogP contribution in [0.4, 0.5) is 22.7 Å². The molecule has 4 N–H and O–H groups in total. The maximum atomic E-state index is 12.1. The van der Waals surface area contributed by atoms with Crippen LogP contribution in [0.3, 0.4) is 0 Å². The summed E-state index contributed by atoms with van der Waals surface area (Å²) < 4.78 is 0. The van der Waals surface area contributed by atoms with E-state index in [1.165, 1.54) is 95.9 Å². The first-order chi connectivity index (χ1) is 27.8. The first-order valence-corrected chi connectivity index (χ1v) is 21.5. The van der Waals surface area contributed by atoms with Gasteiger partial charge in [-0.25, -0.2) is 0 Å². The van der Waals surface area contributed by atoms with Crippen LogP contribution in [0.2, 0.25) is 0 Å². The Kier molecular flexibility index (Phi) is 9.40. The fraction of sp³-hybridized carbons (Fsp3) is 0.440. The van der Waals surface area contributed by atoms with Gasteiger partial charge in [0.1, 0.15) is 0 Å². The minimum absolute atomic E-state index is 0.122. The Hall–Kier alpha value is -5.24. The quantitative estimate of drug-likeness (QED) is 0.142. The standard InChI is InChI=1S/C14H17NO.C13H15NO.C12H13NO.C11H11NO/c1-10-4-5-11-12(8-10)15-13(16)9-14(11)6-2-3-7-14;1-9-4-5-10-11(8-9)14-12(15)13(10)6-2-3-7-13;1-8-2-3-9-10(6-8)13-11(14)7-12(9)4-5-12;1-7-2-3-8-9(6-7)12-10(13)11(8)4-5-11/h4-5,8H,2-3,6-7,9H2,1H3,(H,15,16);4-5,8H,2-3,6-7H2,1H3,(H,14,15);2-3,6H,4-5,7H2,1H3,(H,13,14);2-3,6H,4-5H2,1H3,(H,12,13). The summed E-state index contributed by atoms with van der Waals surface area (Å²) in [6.07, 6.45) is 15.1. The summed E-state index contributed by atoms with van der Waals surface area (Å²) in [5.74, 6) is 0.800. The number of nitrogens with one attached hydrogen (secondary N) is 4. The van der Waals surface area contributed by atoms with Crippen LogP contribution in [-0.4, -0.2) is 23.6 Å². The zero-order valence-corrected chi connectivity index (χ0v) is 34.5. The van der Waals surface area contributed by atoms with Gasteiger partial charge in [-0.2, -0.15) is 0 Å². The van der Waals surface area contributed by atoms with Gasteiger partial charge < -0.3 is 21.3 Å². The third kappa shape index (κ3) is 6.72. The molecular weight excluding hydrogens is 721 g/mol. The Bertz CT molecular complexity index is 2360. The number of anilines is 4. The average molecular weight is 777 g/mol. The number of hydrogen-bond acceptors (Lipinski definition) is 4. The highest BCUT2D eigenvalue weighted by atomic mass is 16.2. The first-order valence-electron chi connectivity index (χ1n) is 21.5. The highest BCUT2D eigenvalue weighted by Crippen LogP contribution is 2.56. The summed E-state index contributed by atoms with van der Waals surface area (Å²) in [4.78, 5) is 46.9. The normalized spacial score (nSPS) is 21.7. The van der Waals surface area contributed by atoms with Gasteiger partial charge in [0.2, 0.25) is 23.6 Å². The molecule has 4 saturated carbocycles. The molecule has 0 atom stereocenters. The summed E-state index contributed by atoms with van der Waals surface area (Å²) in [6, 6.07) is 25.4. The molecule has 0 bridgehead atoms. The lowest BCUT2D eigenvalue weighted by Gasteiger charge is -2.35. The number of aryl methyl sites for hydroxylation is 4. The van der Waals surface area contributed by atoms with E-state index in [9.17, 15) is 19.2 Å². The molecule has 0 saturated heterocycles. The zero-order valence-electron chi connectivity index (χ0n) is 34.5. The lowest BCUT2D eigenvalue weighted by atomic mass is 9.73. The van der Waals surface area contributed by atoms with E-state index in [0.717, 1.165) is 48.4 Å². The van der Waals surface area contributed by atoms with Crippen LogP contribution < -0.4 is 21.3 Å². The third-order valence-electron chi connectivity index (χ3n) is 14.4. The zero-order chi connectivity index (χ0) is 40.5. The molecule has 4 aliphatic heterocycles. The average Bonchev–Trinajstić information content (AvgIpc) is 3.94. The third-order valence-corrected chi connectivity index (χ3v) is 14.4. The smallest absolute Gasteiger partial charge is 0.235 e. The van der Waals surface area contributed by atoms with Crippen molar-refractivity contribution in [2.75, 3.05) is 21.3 Å². The molecule has 4 spiro atoms. The van der Waals surface area contributed by atoms with Gasteiger partial charge in [-0.1, -0.05) is 74.2 Å².